The lowest BCUT2D eigenvalue weighted by Crippen LogP contribution is -2.46. The SMILES string of the molecule is Cc1cccc(C(C)(C)C(=O)Nc2ccc(N3CCC(N4CCCCC4)CC3)c(Cl)c2)c1. The minimum absolute atomic E-state index is 0.0331. The van der Waals surface area contributed by atoms with Crippen LogP contribution in [0, 0.1) is 6.92 Å². The highest BCUT2D eigenvalue weighted by atomic mass is 35.5. The fraction of sp³-hybridized carbons (Fsp3) is 0.519. The first kappa shape index (κ1) is 23.1. The third kappa shape index (κ3) is 5.13. The second-order valence-electron chi connectivity index (χ2n) is 9.93. The summed E-state index contributed by atoms with van der Waals surface area (Å²) in [7, 11) is 0. The van der Waals surface area contributed by atoms with Crippen molar-refractivity contribution in [2.24, 2.45) is 0 Å². The zero-order chi connectivity index (χ0) is 22.7. The minimum atomic E-state index is -0.631. The molecule has 4 nitrogen and oxygen atoms in total. The summed E-state index contributed by atoms with van der Waals surface area (Å²) in [6, 6.07) is 14.8. The van der Waals surface area contributed by atoms with E-state index in [1.807, 2.05) is 51.1 Å². The number of nitrogens with zero attached hydrogens (tertiary/aromatic N) is 2. The van der Waals surface area contributed by atoms with Crippen LogP contribution in [0.1, 0.15) is 57.1 Å². The van der Waals surface area contributed by atoms with E-state index in [1.54, 1.807) is 0 Å². The number of amides is 1. The highest BCUT2D eigenvalue weighted by molar-refractivity contribution is 6.33. The fourth-order valence-corrected chi connectivity index (χ4v) is 5.35. The van der Waals surface area contributed by atoms with Gasteiger partial charge in [-0.3, -0.25) is 4.79 Å². The first-order valence-corrected chi connectivity index (χ1v) is 12.4. The lowest BCUT2D eigenvalue weighted by atomic mass is 9.83. The van der Waals surface area contributed by atoms with Crippen molar-refractivity contribution in [1.29, 1.82) is 0 Å². The number of aryl methyl sites for hydroxylation is 1. The van der Waals surface area contributed by atoms with Gasteiger partial charge in [-0.2, -0.15) is 0 Å². The zero-order valence-corrected chi connectivity index (χ0v) is 20.4. The van der Waals surface area contributed by atoms with Crippen LogP contribution in [-0.2, 0) is 10.2 Å². The summed E-state index contributed by atoms with van der Waals surface area (Å²) in [5.74, 6) is -0.0331. The van der Waals surface area contributed by atoms with Crippen LogP contribution in [0.2, 0.25) is 5.02 Å². The third-order valence-corrected chi connectivity index (χ3v) is 7.53. The monoisotopic (exact) mass is 453 g/mol. The number of likely N-dealkylation sites (tertiary alicyclic amines) is 1. The van der Waals surface area contributed by atoms with Gasteiger partial charge < -0.3 is 15.1 Å². The second kappa shape index (κ2) is 9.84. The Morgan fingerprint density at radius 2 is 1.72 bits per heavy atom. The van der Waals surface area contributed by atoms with Crippen LogP contribution in [0.3, 0.4) is 0 Å². The molecule has 0 atom stereocenters. The summed E-state index contributed by atoms with van der Waals surface area (Å²) >= 11 is 6.68. The molecule has 32 heavy (non-hydrogen) atoms. The molecule has 2 heterocycles. The number of hydrogen-bond acceptors (Lipinski definition) is 3. The normalized spacial score (nSPS) is 18.6. The van der Waals surface area contributed by atoms with E-state index in [1.165, 1.54) is 45.2 Å². The molecule has 2 aromatic carbocycles. The largest absolute Gasteiger partial charge is 0.370 e. The molecule has 0 saturated carbocycles. The van der Waals surface area contributed by atoms with Gasteiger partial charge in [-0.15, -0.1) is 0 Å². The van der Waals surface area contributed by atoms with Gasteiger partial charge >= 0.3 is 0 Å². The summed E-state index contributed by atoms with van der Waals surface area (Å²) < 4.78 is 0. The van der Waals surface area contributed by atoms with E-state index in [4.69, 9.17) is 11.6 Å². The molecule has 0 aromatic heterocycles. The molecule has 4 rings (SSSR count). The van der Waals surface area contributed by atoms with Crippen molar-refractivity contribution < 1.29 is 4.79 Å². The number of piperidine rings is 2. The molecular formula is C27H36ClN3O. The van der Waals surface area contributed by atoms with E-state index in [0.29, 0.717) is 11.1 Å². The standard InChI is InChI=1S/C27H36ClN3O/c1-20-8-7-9-21(18-20)27(2,3)26(32)29-22-10-11-25(24(28)19-22)31-16-12-23(13-17-31)30-14-5-4-6-15-30/h7-11,18-19,23H,4-6,12-17H2,1-3H3,(H,29,32). The summed E-state index contributed by atoms with van der Waals surface area (Å²) in [6.45, 7) is 10.6. The summed E-state index contributed by atoms with van der Waals surface area (Å²) in [5, 5.41) is 3.77. The Balaban J connectivity index is 1.38. The lowest BCUT2D eigenvalue weighted by molar-refractivity contribution is -0.120. The van der Waals surface area contributed by atoms with Gasteiger partial charge in [-0.1, -0.05) is 47.9 Å². The summed E-state index contributed by atoms with van der Waals surface area (Å²) in [5.41, 5.74) is 3.34. The third-order valence-electron chi connectivity index (χ3n) is 7.23. The van der Waals surface area contributed by atoms with Crippen LogP contribution in [0.25, 0.3) is 0 Å². The number of halogens is 1. The molecule has 0 unspecified atom stereocenters. The number of hydrogen-bond donors (Lipinski definition) is 1. The molecule has 0 spiro atoms. The molecule has 2 saturated heterocycles. The van der Waals surface area contributed by atoms with Gasteiger partial charge in [0.25, 0.3) is 0 Å². The molecule has 2 aliphatic heterocycles. The van der Waals surface area contributed by atoms with Gasteiger partial charge in [0.1, 0.15) is 0 Å². The Morgan fingerprint density at radius 3 is 2.38 bits per heavy atom. The van der Waals surface area contributed by atoms with E-state index >= 15 is 0 Å². The van der Waals surface area contributed by atoms with Crippen molar-refractivity contribution in [2.45, 2.75) is 64.3 Å². The van der Waals surface area contributed by atoms with Gasteiger partial charge in [0.15, 0.2) is 0 Å². The molecule has 0 aliphatic carbocycles. The Kier molecular flexibility index (Phi) is 7.11. The summed E-state index contributed by atoms with van der Waals surface area (Å²) in [6.07, 6.45) is 6.47. The number of carbonyl (C=O) groups is 1. The maximum atomic E-state index is 13.1. The van der Waals surface area contributed by atoms with Crippen LogP contribution in [0.5, 0.6) is 0 Å². The number of benzene rings is 2. The predicted molar refractivity (Wildman–Crippen MR) is 135 cm³/mol. The van der Waals surface area contributed by atoms with E-state index in [9.17, 15) is 4.79 Å². The van der Waals surface area contributed by atoms with Crippen LogP contribution in [-0.4, -0.2) is 43.0 Å². The maximum Gasteiger partial charge on any atom is 0.234 e. The lowest BCUT2D eigenvalue weighted by Gasteiger charge is -2.41. The minimum Gasteiger partial charge on any atom is -0.370 e. The molecule has 0 bridgehead atoms. The molecular weight excluding hydrogens is 418 g/mol. The topological polar surface area (TPSA) is 35.6 Å². The first-order chi connectivity index (χ1) is 15.3. The van der Waals surface area contributed by atoms with Crippen molar-refractivity contribution in [3.8, 4) is 0 Å². The fourth-order valence-electron chi connectivity index (χ4n) is 5.05. The second-order valence-corrected chi connectivity index (χ2v) is 10.3. The van der Waals surface area contributed by atoms with Gasteiger partial charge in [0.2, 0.25) is 5.91 Å². The number of nitrogens with one attached hydrogen (secondary N) is 1. The summed E-state index contributed by atoms with van der Waals surface area (Å²) in [4.78, 5) is 18.1. The highest BCUT2D eigenvalue weighted by Gasteiger charge is 2.30. The molecule has 2 fully saturated rings. The van der Waals surface area contributed by atoms with Gasteiger partial charge in [-0.05, 0) is 83.3 Å². The van der Waals surface area contributed by atoms with Crippen molar-refractivity contribution in [1.82, 2.24) is 4.90 Å². The van der Waals surface area contributed by atoms with Crippen molar-refractivity contribution in [3.05, 3.63) is 58.6 Å². The van der Waals surface area contributed by atoms with E-state index in [2.05, 4.69) is 27.2 Å². The Hall–Kier alpha value is -2.04. The molecule has 2 aliphatic rings. The Bertz CT molecular complexity index is 944. The van der Waals surface area contributed by atoms with Crippen molar-refractivity contribution in [3.63, 3.8) is 0 Å². The van der Waals surface area contributed by atoms with Gasteiger partial charge in [0, 0.05) is 24.8 Å². The van der Waals surface area contributed by atoms with E-state index in [-0.39, 0.29) is 5.91 Å². The van der Waals surface area contributed by atoms with Gasteiger partial charge in [0.05, 0.1) is 16.1 Å². The maximum absolute atomic E-state index is 13.1. The zero-order valence-electron chi connectivity index (χ0n) is 19.7. The Labute approximate surface area is 197 Å². The molecule has 5 heteroatoms. The van der Waals surface area contributed by atoms with Crippen LogP contribution >= 0.6 is 11.6 Å². The predicted octanol–water partition coefficient (Wildman–Crippen LogP) is 6.02. The van der Waals surface area contributed by atoms with Crippen LogP contribution in [0.4, 0.5) is 11.4 Å². The van der Waals surface area contributed by atoms with E-state index in [0.717, 1.165) is 35.6 Å². The molecule has 0 radical (unpaired) electrons. The Morgan fingerprint density at radius 1 is 1.00 bits per heavy atom. The van der Waals surface area contributed by atoms with Crippen molar-refractivity contribution >= 4 is 28.9 Å². The highest BCUT2D eigenvalue weighted by Crippen LogP contribution is 2.33. The smallest absolute Gasteiger partial charge is 0.234 e. The number of rotatable bonds is 5. The van der Waals surface area contributed by atoms with Crippen molar-refractivity contribution in [2.75, 3.05) is 36.4 Å². The van der Waals surface area contributed by atoms with E-state index < -0.39 is 5.41 Å². The van der Waals surface area contributed by atoms with Crippen LogP contribution in [0.15, 0.2) is 42.5 Å². The average Bonchev–Trinajstić information content (AvgIpc) is 2.80. The van der Waals surface area contributed by atoms with Gasteiger partial charge in [-0.25, -0.2) is 0 Å². The van der Waals surface area contributed by atoms with Crippen LogP contribution < -0.4 is 10.2 Å². The number of carbonyl (C=O) groups excluding carboxylic acids is 1. The quantitative estimate of drug-likeness (QED) is 0.601. The first-order valence-electron chi connectivity index (χ1n) is 12.0. The molecule has 172 valence electrons. The average molecular weight is 454 g/mol. The number of anilines is 2. The molecule has 1 N–H and O–H groups in total. The molecule has 1 amide bonds. The molecule has 2 aromatic rings.